The van der Waals surface area contributed by atoms with Crippen molar-refractivity contribution in [2.24, 2.45) is 33.5 Å². The number of esters is 2. The van der Waals surface area contributed by atoms with Crippen LogP contribution in [0.25, 0.3) is 0 Å². The maximum atomic E-state index is 13.0. The van der Waals surface area contributed by atoms with Gasteiger partial charge in [0.1, 0.15) is 0 Å². The third kappa shape index (κ3) is 4.10. The van der Waals surface area contributed by atoms with E-state index in [9.17, 15) is 9.59 Å². The average Bonchev–Trinajstić information content (AvgIpc) is 3.09. The Labute approximate surface area is 194 Å². The zero-order valence-corrected chi connectivity index (χ0v) is 21.3. The second kappa shape index (κ2) is 8.50. The summed E-state index contributed by atoms with van der Waals surface area (Å²) in [5.74, 6) is 0.264. The van der Waals surface area contributed by atoms with Crippen molar-refractivity contribution in [3.63, 3.8) is 0 Å². The van der Waals surface area contributed by atoms with Crippen LogP contribution in [0.3, 0.4) is 0 Å². The summed E-state index contributed by atoms with van der Waals surface area (Å²) < 4.78 is 11.6. The number of hydrogen-bond donors (Lipinski definition) is 0. The van der Waals surface area contributed by atoms with Crippen LogP contribution in [-0.4, -0.2) is 25.2 Å². The first-order chi connectivity index (χ1) is 14.8. The molecule has 1 aromatic rings. The van der Waals surface area contributed by atoms with Crippen molar-refractivity contribution in [2.45, 2.75) is 81.1 Å². The van der Waals surface area contributed by atoms with Crippen LogP contribution in [0.5, 0.6) is 0 Å². The van der Waals surface area contributed by atoms with Gasteiger partial charge in [-0.2, -0.15) is 0 Å². The monoisotopic (exact) mass is 442 g/mol. The third-order valence-electron chi connectivity index (χ3n) is 10.2. The van der Waals surface area contributed by atoms with Crippen LogP contribution < -0.4 is 0 Å². The molecule has 0 N–H and O–H groups in total. The number of benzene rings is 1. The van der Waals surface area contributed by atoms with E-state index in [-0.39, 0.29) is 32.8 Å². The number of hydrogen-bond acceptors (Lipinski definition) is 4. The number of carbonyl (C=O) groups excluding carboxylic acids is 2. The molecular formula is C28H42O4. The topological polar surface area (TPSA) is 52.6 Å². The molecule has 0 heterocycles. The van der Waals surface area contributed by atoms with E-state index >= 15 is 0 Å². The minimum Gasteiger partial charge on any atom is -0.461 e. The fraction of sp³-hybridized carbons (Fsp3) is 0.714. The van der Waals surface area contributed by atoms with Gasteiger partial charge in [-0.05, 0) is 60.5 Å². The second-order valence-corrected chi connectivity index (χ2v) is 12.1. The van der Waals surface area contributed by atoms with E-state index in [2.05, 4.69) is 55.4 Å². The number of carbonyl (C=O) groups is 2. The minimum absolute atomic E-state index is 0.0725. The fourth-order valence-corrected chi connectivity index (χ4v) is 5.59. The first kappa shape index (κ1) is 24.8. The van der Waals surface area contributed by atoms with Gasteiger partial charge >= 0.3 is 11.9 Å². The highest BCUT2D eigenvalue weighted by atomic mass is 16.5. The molecule has 4 heteroatoms. The summed E-state index contributed by atoms with van der Waals surface area (Å²) in [7, 11) is 0. The molecule has 0 aromatic heterocycles. The number of rotatable bonds is 6. The standard InChI is InChI=1S/C28H42O4/c1-19-13-15-27(7,25(19,3)4)17-31-23(29)21-11-9-10-12-22(21)24(30)32-18-28(8)16-14-20(2)26(28,5)6/h9-12,19-20H,13-18H2,1-8H3/t19-,20+,27-,28+. The van der Waals surface area contributed by atoms with Crippen molar-refractivity contribution >= 4 is 11.9 Å². The highest BCUT2D eigenvalue weighted by Gasteiger charge is 2.51. The van der Waals surface area contributed by atoms with Crippen molar-refractivity contribution < 1.29 is 19.1 Å². The fourth-order valence-electron chi connectivity index (χ4n) is 5.59. The van der Waals surface area contributed by atoms with Gasteiger partial charge in [0.15, 0.2) is 0 Å². The van der Waals surface area contributed by atoms with Gasteiger partial charge in [0.25, 0.3) is 0 Å². The minimum atomic E-state index is -0.449. The Bertz CT molecular complexity index is 799. The van der Waals surface area contributed by atoms with Gasteiger partial charge in [-0.1, -0.05) is 67.5 Å². The first-order valence-electron chi connectivity index (χ1n) is 12.2. The molecule has 178 valence electrons. The van der Waals surface area contributed by atoms with E-state index in [0.29, 0.717) is 25.0 Å². The van der Waals surface area contributed by atoms with Gasteiger partial charge in [-0.25, -0.2) is 9.59 Å². The summed E-state index contributed by atoms with van der Waals surface area (Å²) >= 11 is 0. The molecule has 1 aromatic carbocycles. The van der Waals surface area contributed by atoms with E-state index in [4.69, 9.17) is 9.47 Å². The molecule has 2 saturated carbocycles. The molecule has 0 amide bonds. The van der Waals surface area contributed by atoms with Gasteiger partial charge in [-0.15, -0.1) is 0 Å². The molecule has 32 heavy (non-hydrogen) atoms. The van der Waals surface area contributed by atoms with Gasteiger partial charge in [0, 0.05) is 10.8 Å². The molecular weight excluding hydrogens is 400 g/mol. The number of ether oxygens (including phenoxy) is 2. The van der Waals surface area contributed by atoms with Crippen molar-refractivity contribution in [1.29, 1.82) is 0 Å². The van der Waals surface area contributed by atoms with Crippen molar-refractivity contribution in [2.75, 3.05) is 13.2 Å². The van der Waals surface area contributed by atoms with Crippen LogP contribution in [0.1, 0.15) is 102 Å². The Morgan fingerprint density at radius 3 is 1.38 bits per heavy atom. The summed E-state index contributed by atoms with van der Waals surface area (Å²) in [6, 6.07) is 6.85. The van der Waals surface area contributed by atoms with Crippen LogP contribution in [0.15, 0.2) is 24.3 Å². The van der Waals surface area contributed by atoms with Crippen LogP contribution in [-0.2, 0) is 9.47 Å². The lowest BCUT2D eigenvalue weighted by molar-refractivity contribution is -0.00643. The Kier molecular flexibility index (Phi) is 6.59. The SMILES string of the molecule is C[C@@H]1CC[C@](C)(COC(=O)c2ccccc2C(=O)OC[C@]2(C)CC[C@H](C)C2(C)C)C1(C)C. The molecule has 4 atom stereocenters. The van der Waals surface area contributed by atoms with Gasteiger partial charge in [-0.3, -0.25) is 0 Å². The summed E-state index contributed by atoms with van der Waals surface area (Å²) in [6.45, 7) is 18.7. The molecule has 0 aliphatic heterocycles. The summed E-state index contributed by atoms with van der Waals surface area (Å²) in [5.41, 5.74) is 0.607. The Hall–Kier alpha value is -1.84. The van der Waals surface area contributed by atoms with Crippen molar-refractivity contribution in [3.05, 3.63) is 35.4 Å². The van der Waals surface area contributed by atoms with Gasteiger partial charge in [0.2, 0.25) is 0 Å². The average molecular weight is 443 g/mol. The molecule has 0 saturated heterocycles. The lowest BCUT2D eigenvalue weighted by Gasteiger charge is -2.40. The zero-order valence-electron chi connectivity index (χ0n) is 21.3. The van der Waals surface area contributed by atoms with E-state index in [1.54, 1.807) is 24.3 Å². The molecule has 2 aliphatic carbocycles. The normalized spacial score (nSPS) is 33.1. The van der Waals surface area contributed by atoms with E-state index < -0.39 is 11.9 Å². The molecule has 2 fully saturated rings. The smallest absolute Gasteiger partial charge is 0.339 e. The molecule has 0 spiro atoms. The maximum absolute atomic E-state index is 13.0. The van der Waals surface area contributed by atoms with Gasteiger partial charge < -0.3 is 9.47 Å². The van der Waals surface area contributed by atoms with Crippen molar-refractivity contribution in [1.82, 2.24) is 0 Å². The predicted molar refractivity (Wildman–Crippen MR) is 128 cm³/mol. The maximum Gasteiger partial charge on any atom is 0.339 e. The third-order valence-corrected chi connectivity index (χ3v) is 10.2. The summed E-state index contributed by atoms with van der Waals surface area (Å²) in [5, 5.41) is 0. The van der Waals surface area contributed by atoms with E-state index in [0.717, 1.165) is 25.7 Å². The van der Waals surface area contributed by atoms with E-state index in [1.165, 1.54) is 0 Å². The molecule has 0 unspecified atom stereocenters. The molecule has 3 rings (SSSR count). The Morgan fingerprint density at radius 2 is 1.09 bits per heavy atom. The summed E-state index contributed by atoms with van der Waals surface area (Å²) in [4.78, 5) is 26.0. The largest absolute Gasteiger partial charge is 0.461 e. The quantitative estimate of drug-likeness (QED) is 0.448. The molecule has 0 bridgehead atoms. The molecule has 0 radical (unpaired) electrons. The molecule has 2 aliphatic rings. The Morgan fingerprint density at radius 1 is 0.750 bits per heavy atom. The lowest BCUT2D eigenvalue weighted by Crippen LogP contribution is -2.38. The van der Waals surface area contributed by atoms with Crippen molar-refractivity contribution in [3.8, 4) is 0 Å². The first-order valence-corrected chi connectivity index (χ1v) is 12.2. The Balaban J connectivity index is 1.69. The van der Waals surface area contributed by atoms with Crippen LogP contribution >= 0.6 is 0 Å². The van der Waals surface area contributed by atoms with Crippen LogP contribution in [0.2, 0.25) is 0 Å². The van der Waals surface area contributed by atoms with E-state index in [1.807, 2.05) is 0 Å². The van der Waals surface area contributed by atoms with Crippen LogP contribution in [0, 0.1) is 33.5 Å². The second-order valence-electron chi connectivity index (χ2n) is 12.1. The highest BCUT2D eigenvalue weighted by Crippen LogP contribution is 2.56. The summed E-state index contributed by atoms with van der Waals surface area (Å²) in [6.07, 6.45) is 4.34. The predicted octanol–water partition coefficient (Wildman–Crippen LogP) is 6.93. The van der Waals surface area contributed by atoms with Gasteiger partial charge in [0.05, 0.1) is 24.3 Å². The molecule has 4 nitrogen and oxygen atoms in total. The van der Waals surface area contributed by atoms with Crippen LogP contribution in [0.4, 0.5) is 0 Å². The zero-order chi connectivity index (χ0) is 23.9. The lowest BCUT2D eigenvalue weighted by atomic mass is 9.66. The highest BCUT2D eigenvalue weighted by molar-refractivity contribution is 6.03.